The highest BCUT2D eigenvalue weighted by molar-refractivity contribution is 9.10. The predicted octanol–water partition coefficient (Wildman–Crippen LogP) is 3.61. The molecule has 1 saturated carbocycles. The zero-order chi connectivity index (χ0) is 13.3. The van der Waals surface area contributed by atoms with Crippen LogP contribution in [0.25, 0.3) is 0 Å². The Hall–Kier alpha value is 0.0900. The second-order valence-electron chi connectivity index (χ2n) is 4.89. The fraction of sp³-hybridized carbons (Fsp3) is 0.667. The molecular formula is C12H18BrNO2S2. The molecule has 3 unspecified atom stereocenters. The van der Waals surface area contributed by atoms with Gasteiger partial charge in [0.25, 0.3) is 10.0 Å². The molecular weight excluding hydrogens is 334 g/mol. The van der Waals surface area contributed by atoms with E-state index in [1.807, 2.05) is 0 Å². The van der Waals surface area contributed by atoms with E-state index >= 15 is 0 Å². The van der Waals surface area contributed by atoms with E-state index in [1.165, 1.54) is 11.3 Å². The normalized spacial score (nSPS) is 28.7. The van der Waals surface area contributed by atoms with E-state index in [1.54, 1.807) is 11.4 Å². The molecule has 0 aromatic carbocycles. The van der Waals surface area contributed by atoms with Crippen molar-refractivity contribution in [2.75, 3.05) is 0 Å². The topological polar surface area (TPSA) is 46.2 Å². The van der Waals surface area contributed by atoms with Gasteiger partial charge in [-0.15, -0.1) is 11.3 Å². The molecule has 1 fully saturated rings. The lowest BCUT2D eigenvalue weighted by Gasteiger charge is -2.20. The molecule has 1 aliphatic carbocycles. The monoisotopic (exact) mass is 351 g/mol. The summed E-state index contributed by atoms with van der Waals surface area (Å²) in [6, 6.07) is 1.85. The van der Waals surface area contributed by atoms with Crippen LogP contribution in [0.3, 0.4) is 0 Å². The molecule has 1 aromatic heterocycles. The van der Waals surface area contributed by atoms with Gasteiger partial charge in [-0.05, 0) is 52.1 Å². The number of sulfonamides is 1. The number of hydrogen-bond acceptors (Lipinski definition) is 3. The Labute approximate surface area is 121 Å². The van der Waals surface area contributed by atoms with Gasteiger partial charge < -0.3 is 0 Å². The summed E-state index contributed by atoms with van der Waals surface area (Å²) in [5.74, 6) is 1.06. The molecule has 0 amide bonds. The zero-order valence-corrected chi connectivity index (χ0v) is 13.7. The Kier molecular flexibility index (Phi) is 4.52. The second-order valence-corrected chi connectivity index (χ2v) is 8.57. The van der Waals surface area contributed by atoms with Crippen molar-refractivity contribution in [1.29, 1.82) is 0 Å². The molecule has 2 rings (SSSR count). The van der Waals surface area contributed by atoms with Crippen molar-refractivity contribution in [3.8, 4) is 0 Å². The smallest absolute Gasteiger partial charge is 0.207 e. The van der Waals surface area contributed by atoms with E-state index in [0.717, 1.165) is 19.3 Å². The summed E-state index contributed by atoms with van der Waals surface area (Å²) in [6.07, 6.45) is 3.19. The van der Waals surface area contributed by atoms with Crippen molar-refractivity contribution in [3.05, 3.63) is 15.9 Å². The van der Waals surface area contributed by atoms with Crippen LogP contribution in [0.4, 0.5) is 0 Å². The minimum atomic E-state index is -3.37. The molecule has 3 nitrogen and oxygen atoms in total. The summed E-state index contributed by atoms with van der Waals surface area (Å²) in [4.78, 5) is 0. The molecule has 0 aliphatic heterocycles. The van der Waals surface area contributed by atoms with E-state index in [-0.39, 0.29) is 6.04 Å². The minimum absolute atomic E-state index is 0.0777. The number of thiophene rings is 1. The molecule has 1 aliphatic rings. The van der Waals surface area contributed by atoms with Gasteiger partial charge in [0.2, 0.25) is 0 Å². The SMILES string of the molecule is CCC1CCC(NS(=O)(=O)c2sccc2Br)C1C. The average molecular weight is 352 g/mol. The second kappa shape index (κ2) is 5.61. The highest BCUT2D eigenvalue weighted by Crippen LogP contribution is 2.35. The minimum Gasteiger partial charge on any atom is -0.207 e. The first kappa shape index (κ1) is 14.5. The van der Waals surface area contributed by atoms with E-state index in [4.69, 9.17) is 0 Å². The van der Waals surface area contributed by atoms with E-state index in [2.05, 4.69) is 34.5 Å². The molecule has 18 heavy (non-hydrogen) atoms. The van der Waals surface area contributed by atoms with E-state index in [0.29, 0.717) is 20.5 Å². The van der Waals surface area contributed by atoms with Gasteiger partial charge in [-0.1, -0.05) is 20.3 Å². The summed E-state index contributed by atoms with van der Waals surface area (Å²) in [6.45, 7) is 4.33. The van der Waals surface area contributed by atoms with Crippen LogP contribution in [0.1, 0.15) is 33.1 Å². The average Bonchev–Trinajstić information content (AvgIpc) is 2.87. The van der Waals surface area contributed by atoms with Gasteiger partial charge in [-0.2, -0.15) is 0 Å². The summed E-state index contributed by atoms with van der Waals surface area (Å²) >= 11 is 4.53. The fourth-order valence-electron chi connectivity index (χ4n) is 2.71. The standard InChI is InChI=1S/C12H18BrNO2S2/c1-3-9-4-5-11(8(9)2)14-18(15,16)12-10(13)6-7-17-12/h6-9,11,14H,3-5H2,1-2H3. The van der Waals surface area contributed by atoms with Crippen molar-refractivity contribution >= 4 is 37.3 Å². The molecule has 3 atom stereocenters. The highest BCUT2D eigenvalue weighted by atomic mass is 79.9. The van der Waals surface area contributed by atoms with Crippen LogP contribution in [-0.4, -0.2) is 14.5 Å². The Morgan fingerprint density at radius 2 is 2.22 bits per heavy atom. The van der Waals surface area contributed by atoms with Crippen molar-refractivity contribution < 1.29 is 8.42 Å². The van der Waals surface area contributed by atoms with Crippen LogP contribution in [0.15, 0.2) is 20.1 Å². The lowest BCUT2D eigenvalue weighted by atomic mass is 9.94. The van der Waals surface area contributed by atoms with Gasteiger partial charge in [-0.3, -0.25) is 0 Å². The van der Waals surface area contributed by atoms with Crippen LogP contribution in [0, 0.1) is 11.8 Å². The Morgan fingerprint density at radius 3 is 2.72 bits per heavy atom. The van der Waals surface area contributed by atoms with Crippen LogP contribution in [0.2, 0.25) is 0 Å². The van der Waals surface area contributed by atoms with Gasteiger partial charge in [0, 0.05) is 10.5 Å². The number of halogens is 1. The number of hydrogen-bond donors (Lipinski definition) is 1. The van der Waals surface area contributed by atoms with Crippen LogP contribution < -0.4 is 4.72 Å². The van der Waals surface area contributed by atoms with Crippen molar-refractivity contribution in [3.63, 3.8) is 0 Å². The van der Waals surface area contributed by atoms with Gasteiger partial charge >= 0.3 is 0 Å². The maximum atomic E-state index is 12.3. The molecule has 0 spiro atoms. The molecule has 0 saturated heterocycles. The van der Waals surface area contributed by atoms with Gasteiger partial charge in [-0.25, -0.2) is 13.1 Å². The van der Waals surface area contributed by atoms with Crippen molar-refractivity contribution in [2.45, 2.75) is 43.4 Å². The third kappa shape index (κ3) is 2.81. The highest BCUT2D eigenvalue weighted by Gasteiger charge is 2.35. The van der Waals surface area contributed by atoms with Crippen LogP contribution in [-0.2, 0) is 10.0 Å². The summed E-state index contributed by atoms with van der Waals surface area (Å²) in [5.41, 5.74) is 0. The Balaban J connectivity index is 2.13. The number of nitrogens with one attached hydrogen (secondary N) is 1. The van der Waals surface area contributed by atoms with Crippen molar-refractivity contribution in [1.82, 2.24) is 4.72 Å². The maximum absolute atomic E-state index is 12.3. The van der Waals surface area contributed by atoms with Gasteiger partial charge in [0.1, 0.15) is 4.21 Å². The summed E-state index contributed by atoms with van der Waals surface area (Å²) in [5, 5.41) is 1.78. The van der Waals surface area contributed by atoms with Crippen LogP contribution in [0.5, 0.6) is 0 Å². The molecule has 0 radical (unpaired) electrons. The first-order valence-corrected chi connectivity index (χ1v) is 9.36. The lowest BCUT2D eigenvalue weighted by molar-refractivity contribution is 0.369. The molecule has 6 heteroatoms. The fourth-order valence-corrected chi connectivity index (χ4v) is 6.43. The molecule has 1 heterocycles. The predicted molar refractivity (Wildman–Crippen MR) is 78.3 cm³/mol. The first-order chi connectivity index (χ1) is 8.45. The van der Waals surface area contributed by atoms with Crippen molar-refractivity contribution in [2.24, 2.45) is 11.8 Å². The van der Waals surface area contributed by atoms with E-state index in [9.17, 15) is 8.42 Å². The van der Waals surface area contributed by atoms with Crippen LogP contribution >= 0.6 is 27.3 Å². The van der Waals surface area contributed by atoms with E-state index < -0.39 is 10.0 Å². The number of rotatable bonds is 4. The third-order valence-electron chi connectivity index (χ3n) is 3.89. The molecule has 0 bridgehead atoms. The summed E-state index contributed by atoms with van der Waals surface area (Å²) < 4.78 is 28.5. The summed E-state index contributed by atoms with van der Waals surface area (Å²) in [7, 11) is -3.37. The van der Waals surface area contributed by atoms with Gasteiger partial charge in [0.05, 0.1) is 0 Å². The zero-order valence-electron chi connectivity index (χ0n) is 10.5. The third-order valence-corrected chi connectivity index (χ3v) is 8.05. The maximum Gasteiger partial charge on any atom is 0.251 e. The first-order valence-electron chi connectivity index (χ1n) is 6.21. The van der Waals surface area contributed by atoms with Gasteiger partial charge in [0.15, 0.2) is 0 Å². The molecule has 102 valence electrons. The Morgan fingerprint density at radius 1 is 1.50 bits per heavy atom. The molecule has 1 aromatic rings. The molecule has 1 N–H and O–H groups in total. The largest absolute Gasteiger partial charge is 0.251 e. The lowest BCUT2D eigenvalue weighted by Crippen LogP contribution is -2.37. The Bertz CT molecular complexity index is 512. The quantitative estimate of drug-likeness (QED) is 0.900.